The molecule has 2 rings (SSSR count). The average Bonchev–Trinajstić information content (AvgIpc) is 2.30. The van der Waals surface area contributed by atoms with Crippen LogP contribution in [0.2, 0.25) is 0 Å². The van der Waals surface area contributed by atoms with E-state index in [0.29, 0.717) is 6.42 Å². The van der Waals surface area contributed by atoms with Gasteiger partial charge in [0.1, 0.15) is 0 Å². The molecular formula is C13H10N2. The molecule has 2 aromatic rings. The monoisotopic (exact) mass is 194 g/mol. The van der Waals surface area contributed by atoms with Crippen molar-refractivity contribution in [2.45, 2.75) is 6.42 Å². The number of hydrogen-bond donors (Lipinski definition) is 0. The molecule has 0 aliphatic rings. The van der Waals surface area contributed by atoms with Crippen LogP contribution in [-0.2, 0) is 0 Å². The minimum Gasteiger partial charge on any atom is -0.263 e. The van der Waals surface area contributed by atoms with Crippen LogP contribution >= 0.6 is 0 Å². The second-order valence-electron chi connectivity index (χ2n) is 3.21. The lowest BCUT2D eigenvalue weighted by molar-refractivity contribution is 1.34. The standard InChI is InChI=1S/C13H10N2/c14-8-4-3-6-12-10-15-9-11-5-1-2-7-13(11)12/h1-3,5-7,9-10H,4H2. The fourth-order valence-corrected chi connectivity index (χ4v) is 1.51. The van der Waals surface area contributed by atoms with Crippen molar-refractivity contribution < 1.29 is 0 Å². The van der Waals surface area contributed by atoms with Crippen LogP contribution in [0.5, 0.6) is 0 Å². The smallest absolute Gasteiger partial charge is 0.0663 e. The number of rotatable bonds is 2. The van der Waals surface area contributed by atoms with Crippen LogP contribution in [-0.4, -0.2) is 4.98 Å². The van der Waals surface area contributed by atoms with Gasteiger partial charge in [0.2, 0.25) is 0 Å². The van der Waals surface area contributed by atoms with Gasteiger partial charge in [-0.3, -0.25) is 4.98 Å². The minimum absolute atomic E-state index is 0.434. The van der Waals surface area contributed by atoms with E-state index in [0.717, 1.165) is 10.9 Å². The summed E-state index contributed by atoms with van der Waals surface area (Å²) in [6, 6.07) is 10.2. The summed E-state index contributed by atoms with van der Waals surface area (Å²) in [6.07, 6.45) is 7.89. The molecule has 1 aromatic heterocycles. The quantitative estimate of drug-likeness (QED) is 0.736. The number of aromatic nitrogens is 1. The Balaban J connectivity index is 2.48. The van der Waals surface area contributed by atoms with Crippen molar-refractivity contribution >= 4 is 16.8 Å². The Bertz CT molecular complexity index is 530. The van der Waals surface area contributed by atoms with E-state index in [-0.39, 0.29) is 0 Å². The van der Waals surface area contributed by atoms with Crippen molar-refractivity contribution in [1.82, 2.24) is 4.98 Å². The van der Waals surface area contributed by atoms with Crippen molar-refractivity contribution in [2.75, 3.05) is 0 Å². The van der Waals surface area contributed by atoms with E-state index in [9.17, 15) is 0 Å². The molecule has 72 valence electrons. The predicted octanol–water partition coefficient (Wildman–Crippen LogP) is 3.16. The number of nitriles is 1. The van der Waals surface area contributed by atoms with Crippen molar-refractivity contribution in [3.05, 3.63) is 48.3 Å². The maximum absolute atomic E-state index is 8.44. The van der Waals surface area contributed by atoms with Crippen molar-refractivity contribution in [3.8, 4) is 6.07 Å². The van der Waals surface area contributed by atoms with E-state index in [4.69, 9.17) is 5.26 Å². The van der Waals surface area contributed by atoms with Crippen molar-refractivity contribution in [1.29, 1.82) is 5.26 Å². The van der Waals surface area contributed by atoms with Crippen LogP contribution in [0.15, 0.2) is 42.7 Å². The molecule has 0 aliphatic carbocycles. The maximum Gasteiger partial charge on any atom is 0.0663 e. The molecule has 15 heavy (non-hydrogen) atoms. The fraction of sp³-hybridized carbons (Fsp3) is 0.0769. The third-order valence-electron chi connectivity index (χ3n) is 2.21. The molecule has 2 nitrogen and oxygen atoms in total. The molecule has 0 aliphatic heterocycles. The molecule has 0 bridgehead atoms. The fourth-order valence-electron chi connectivity index (χ4n) is 1.51. The highest BCUT2D eigenvalue weighted by molar-refractivity contribution is 5.89. The van der Waals surface area contributed by atoms with Crippen LogP contribution in [0.4, 0.5) is 0 Å². The summed E-state index contributed by atoms with van der Waals surface area (Å²) in [5, 5.41) is 10.7. The maximum atomic E-state index is 8.44. The van der Waals surface area contributed by atoms with E-state index >= 15 is 0 Å². The number of nitrogens with zero attached hydrogens (tertiary/aromatic N) is 2. The molecule has 0 saturated carbocycles. The van der Waals surface area contributed by atoms with Crippen LogP contribution in [0.1, 0.15) is 12.0 Å². The molecule has 0 unspecified atom stereocenters. The third kappa shape index (κ3) is 2.03. The van der Waals surface area contributed by atoms with Gasteiger partial charge in [-0.05, 0) is 5.39 Å². The Labute approximate surface area is 88.5 Å². The first-order valence-corrected chi connectivity index (χ1v) is 4.78. The van der Waals surface area contributed by atoms with E-state index in [2.05, 4.69) is 17.1 Å². The van der Waals surface area contributed by atoms with Gasteiger partial charge in [-0.25, -0.2) is 0 Å². The Morgan fingerprint density at radius 2 is 2.13 bits per heavy atom. The van der Waals surface area contributed by atoms with Gasteiger partial charge < -0.3 is 0 Å². The van der Waals surface area contributed by atoms with Gasteiger partial charge in [0.25, 0.3) is 0 Å². The predicted molar refractivity (Wildman–Crippen MR) is 61.0 cm³/mol. The van der Waals surface area contributed by atoms with Gasteiger partial charge in [0.15, 0.2) is 0 Å². The summed E-state index contributed by atoms with van der Waals surface area (Å²) in [4.78, 5) is 4.16. The Kier molecular flexibility index (Phi) is 2.75. The Morgan fingerprint density at radius 3 is 3.00 bits per heavy atom. The normalized spacial score (nSPS) is 10.6. The molecule has 0 amide bonds. The summed E-state index contributed by atoms with van der Waals surface area (Å²) < 4.78 is 0. The molecule has 0 saturated heterocycles. The molecule has 0 atom stereocenters. The summed E-state index contributed by atoms with van der Waals surface area (Å²) in [6.45, 7) is 0. The Hall–Kier alpha value is -2.14. The molecule has 0 spiro atoms. The number of pyridine rings is 1. The van der Waals surface area contributed by atoms with E-state index < -0.39 is 0 Å². The zero-order chi connectivity index (χ0) is 10.5. The van der Waals surface area contributed by atoms with Gasteiger partial charge in [-0.1, -0.05) is 36.4 Å². The van der Waals surface area contributed by atoms with Crippen LogP contribution < -0.4 is 0 Å². The first kappa shape index (κ1) is 9.42. The molecule has 0 radical (unpaired) electrons. The highest BCUT2D eigenvalue weighted by atomic mass is 14.6. The lowest BCUT2D eigenvalue weighted by Crippen LogP contribution is -1.80. The average molecular weight is 194 g/mol. The lowest BCUT2D eigenvalue weighted by atomic mass is 10.1. The van der Waals surface area contributed by atoms with Gasteiger partial charge in [0.05, 0.1) is 12.5 Å². The molecular weight excluding hydrogens is 184 g/mol. The summed E-state index contributed by atoms with van der Waals surface area (Å²) in [5.41, 5.74) is 1.06. The zero-order valence-corrected chi connectivity index (χ0v) is 8.22. The molecule has 1 heterocycles. The van der Waals surface area contributed by atoms with Crippen LogP contribution in [0.3, 0.4) is 0 Å². The highest BCUT2D eigenvalue weighted by Crippen LogP contribution is 2.18. The molecule has 2 heteroatoms. The van der Waals surface area contributed by atoms with Crippen molar-refractivity contribution in [3.63, 3.8) is 0 Å². The number of hydrogen-bond acceptors (Lipinski definition) is 2. The largest absolute Gasteiger partial charge is 0.263 e. The van der Waals surface area contributed by atoms with Gasteiger partial charge in [-0.15, -0.1) is 0 Å². The van der Waals surface area contributed by atoms with E-state index in [1.165, 1.54) is 5.39 Å². The highest BCUT2D eigenvalue weighted by Gasteiger charge is 1.96. The molecule has 1 aromatic carbocycles. The van der Waals surface area contributed by atoms with E-state index in [1.807, 2.05) is 42.7 Å². The topological polar surface area (TPSA) is 36.7 Å². The van der Waals surface area contributed by atoms with Gasteiger partial charge in [0, 0.05) is 23.3 Å². The van der Waals surface area contributed by atoms with Gasteiger partial charge in [-0.2, -0.15) is 5.26 Å². The molecule has 0 N–H and O–H groups in total. The van der Waals surface area contributed by atoms with Crippen LogP contribution in [0.25, 0.3) is 16.8 Å². The number of allylic oxidation sites excluding steroid dienone is 1. The first-order valence-electron chi connectivity index (χ1n) is 4.78. The summed E-state index contributed by atoms with van der Waals surface area (Å²) >= 11 is 0. The van der Waals surface area contributed by atoms with Gasteiger partial charge >= 0.3 is 0 Å². The minimum atomic E-state index is 0.434. The second-order valence-corrected chi connectivity index (χ2v) is 3.21. The third-order valence-corrected chi connectivity index (χ3v) is 2.21. The summed E-state index contributed by atoms with van der Waals surface area (Å²) in [7, 11) is 0. The summed E-state index contributed by atoms with van der Waals surface area (Å²) in [5.74, 6) is 0. The molecule has 0 fully saturated rings. The SMILES string of the molecule is N#CCC=Cc1cncc2ccccc12. The lowest BCUT2D eigenvalue weighted by Gasteiger charge is -1.99. The number of benzene rings is 1. The second kappa shape index (κ2) is 4.39. The van der Waals surface area contributed by atoms with Crippen LogP contribution in [0, 0.1) is 11.3 Å². The Morgan fingerprint density at radius 1 is 1.27 bits per heavy atom. The van der Waals surface area contributed by atoms with E-state index in [1.54, 1.807) is 0 Å². The number of fused-ring (bicyclic) bond motifs is 1. The van der Waals surface area contributed by atoms with Crippen molar-refractivity contribution in [2.24, 2.45) is 0 Å². The first-order chi connectivity index (χ1) is 7.42. The zero-order valence-electron chi connectivity index (χ0n) is 8.22.